The number of hydrogen-bond donors (Lipinski definition) is 1. The molecule has 0 spiro atoms. The molecule has 1 N–H and O–H groups in total. The van der Waals surface area contributed by atoms with E-state index < -0.39 is 0 Å². The lowest BCUT2D eigenvalue weighted by molar-refractivity contribution is -0.119. The van der Waals surface area contributed by atoms with Crippen LogP contribution < -0.4 is 5.32 Å². The predicted molar refractivity (Wildman–Crippen MR) is 90.7 cm³/mol. The summed E-state index contributed by atoms with van der Waals surface area (Å²) in [7, 11) is 0. The Morgan fingerprint density at radius 1 is 1.50 bits per heavy atom. The number of furan rings is 1. The van der Waals surface area contributed by atoms with Gasteiger partial charge < -0.3 is 14.5 Å². The highest BCUT2D eigenvalue weighted by atomic mass is 32.2. The van der Waals surface area contributed by atoms with Crippen molar-refractivity contribution in [3.63, 3.8) is 0 Å². The van der Waals surface area contributed by atoms with Crippen LogP contribution in [0.1, 0.15) is 26.7 Å². The van der Waals surface area contributed by atoms with Gasteiger partial charge in [-0.15, -0.1) is 10.2 Å². The molecule has 0 saturated carbocycles. The number of carbonyl (C=O) groups excluding carboxylic acids is 1. The van der Waals surface area contributed by atoms with Gasteiger partial charge in [0.15, 0.2) is 10.9 Å². The fourth-order valence-electron chi connectivity index (χ4n) is 2.63. The van der Waals surface area contributed by atoms with Crippen molar-refractivity contribution >= 4 is 17.7 Å². The number of carbonyl (C=O) groups is 1. The van der Waals surface area contributed by atoms with E-state index in [1.807, 2.05) is 30.5 Å². The first-order chi connectivity index (χ1) is 11.6. The van der Waals surface area contributed by atoms with Gasteiger partial charge in [-0.2, -0.15) is 0 Å². The predicted octanol–water partition coefficient (Wildman–Crippen LogP) is 2.33. The molecule has 1 atom stereocenters. The normalized spacial score (nSPS) is 17.5. The fraction of sp³-hybridized carbons (Fsp3) is 0.562. The number of nitrogens with zero attached hydrogens (tertiary/aromatic N) is 3. The first kappa shape index (κ1) is 17.0. The molecule has 3 heterocycles. The molecular formula is C16H22N4O3S. The van der Waals surface area contributed by atoms with E-state index in [0.717, 1.165) is 19.4 Å². The molecule has 1 aliphatic heterocycles. The summed E-state index contributed by atoms with van der Waals surface area (Å²) in [6.07, 6.45) is 3.86. The van der Waals surface area contributed by atoms with Crippen molar-refractivity contribution in [3.8, 4) is 11.6 Å². The smallest absolute Gasteiger partial charge is 0.230 e. The van der Waals surface area contributed by atoms with Gasteiger partial charge in [0.1, 0.15) is 0 Å². The van der Waals surface area contributed by atoms with Crippen molar-refractivity contribution in [2.75, 3.05) is 12.4 Å². The molecule has 3 rings (SSSR count). The second kappa shape index (κ2) is 7.85. The fourth-order valence-corrected chi connectivity index (χ4v) is 3.39. The van der Waals surface area contributed by atoms with Crippen LogP contribution in [0.5, 0.6) is 0 Å². The molecular weight excluding hydrogens is 328 g/mol. The van der Waals surface area contributed by atoms with E-state index in [1.165, 1.54) is 11.8 Å². The zero-order chi connectivity index (χ0) is 16.9. The minimum absolute atomic E-state index is 0.0128. The molecule has 0 radical (unpaired) electrons. The van der Waals surface area contributed by atoms with Crippen molar-refractivity contribution in [1.82, 2.24) is 20.1 Å². The maximum atomic E-state index is 11.9. The van der Waals surface area contributed by atoms with Gasteiger partial charge in [0.25, 0.3) is 0 Å². The Kier molecular flexibility index (Phi) is 5.57. The Morgan fingerprint density at radius 2 is 2.38 bits per heavy atom. The number of ether oxygens (including phenoxy) is 1. The van der Waals surface area contributed by atoms with Crippen molar-refractivity contribution in [3.05, 3.63) is 18.4 Å². The van der Waals surface area contributed by atoms with Gasteiger partial charge in [0, 0.05) is 12.6 Å². The lowest BCUT2D eigenvalue weighted by atomic mass is 10.2. The molecule has 0 aromatic carbocycles. The second-order valence-electron chi connectivity index (χ2n) is 6.04. The maximum absolute atomic E-state index is 11.9. The SMILES string of the molecule is CC(C)NC(=O)CSc1nnc(-c2ccco2)n1C[C@@H]1CCCO1. The monoisotopic (exact) mass is 350 g/mol. The third-order valence-corrected chi connectivity index (χ3v) is 4.62. The Balaban J connectivity index is 1.76. The lowest BCUT2D eigenvalue weighted by Gasteiger charge is -2.14. The number of thioether (sulfide) groups is 1. The van der Waals surface area contributed by atoms with Crippen molar-refractivity contribution in [2.45, 2.75) is 50.5 Å². The van der Waals surface area contributed by atoms with Gasteiger partial charge in [-0.3, -0.25) is 9.36 Å². The maximum Gasteiger partial charge on any atom is 0.230 e. The molecule has 130 valence electrons. The number of amides is 1. The first-order valence-corrected chi connectivity index (χ1v) is 9.13. The largest absolute Gasteiger partial charge is 0.461 e. The third kappa shape index (κ3) is 4.18. The van der Waals surface area contributed by atoms with Crippen LogP contribution in [0.15, 0.2) is 28.0 Å². The molecule has 2 aromatic rings. The van der Waals surface area contributed by atoms with Crippen LogP contribution in [0.4, 0.5) is 0 Å². The molecule has 0 unspecified atom stereocenters. The van der Waals surface area contributed by atoms with E-state index in [1.54, 1.807) is 6.26 Å². The van der Waals surface area contributed by atoms with Crippen LogP contribution in [-0.4, -0.2) is 45.2 Å². The highest BCUT2D eigenvalue weighted by Crippen LogP contribution is 2.26. The third-order valence-electron chi connectivity index (χ3n) is 3.65. The van der Waals surface area contributed by atoms with Gasteiger partial charge in [0.05, 0.1) is 24.7 Å². The van der Waals surface area contributed by atoms with Crippen molar-refractivity contribution in [1.29, 1.82) is 0 Å². The zero-order valence-electron chi connectivity index (χ0n) is 13.9. The van der Waals surface area contributed by atoms with Gasteiger partial charge in [0.2, 0.25) is 11.7 Å². The summed E-state index contributed by atoms with van der Waals surface area (Å²) in [5.74, 6) is 1.63. The van der Waals surface area contributed by atoms with E-state index >= 15 is 0 Å². The molecule has 1 amide bonds. The highest BCUT2D eigenvalue weighted by Gasteiger charge is 2.23. The van der Waals surface area contributed by atoms with E-state index in [9.17, 15) is 4.79 Å². The summed E-state index contributed by atoms with van der Waals surface area (Å²) >= 11 is 1.38. The Bertz CT molecular complexity index is 663. The van der Waals surface area contributed by atoms with E-state index in [4.69, 9.17) is 9.15 Å². The van der Waals surface area contributed by atoms with Gasteiger partial charge in [-0.05, 0) is 38.8 Å². The molecule has 24 heavy (non-hydrogen) atoms. The summed E-state index contributed by atoms with van der Waals surface area (Å²) in [6, 6.07) is 3.81. The molecule has 0 bridgehead atoms. The van der Waals surface area contributed by atoms with Crippen molar-refractivity contribution < 1.29 is 13.9 Å². The van der Waals surface area contributed by atoms with Crippen LogP contribution in [0.2, 0.25) is 0 Å². The summed E-state index contributed by atoms with van der Waals surface area (Å²) in [4.78, 5) is 11.9. The second-order valence-corrected chi connectivity index (χ2v) is 6.98. The minimum atomic E-state index is -0.0128. The van der Waals surface area contributed by atoms with Crippen LogP contribution in [0.3, 0.4) is 0 Å². The average Bonchev–Trinajstić information content (AvgIpc) is 3.27. The Morgan fingerprint density at radius 3 is 3.04 bits per heavy atom. The van der Waals surface area contributed by atoms with Gasteiger partial charge >= 0.3 is 0 Å². The number of nitrogens with one attached hydrogen (secondary N) is 1. The van der Waals surface area contributed by atoms with Crippen LogP contribution in [0.25, 0.3) is 11.6 Å². The lowest BCUT2D eigenvalue weighted by Crippen LogP contribution is -2.31. The highest BCUT2D eigenvalue weighted by molar-refractivity contribution is 7.99. The molecule has 8 heteroatoms. The summed E-state index contributed by atoms with van der Waals surface area (Å²) < 4.78 is 13.2. The van der Waals surface area contributed by atoms with Crippen LogP contribution in [0, 0.1) is 0 Å². The van der Waals surface area contributed by atoms with Gasteiger partial charge in [-0.25, -0.2) is 0 Å². The van der Waals surface area contributed by atoms with Gasteiger partial charge in [-0.1, -0.05) is 11.8 Å². The minimum Gasteiger partial charge on any atom is -0.461 e. The molecule has 1 saturated heterocycles. The van der Waals surface area contributed by atoms with Crippen LogP contribution >= 0.6 is 11.8 Å². The number of hydrogen-bond acceptors (Lipinski definition) is 6. The van der Waals surface area contributed by atoms with E-state index in [-0.39, 0.29) is 18.1 Å². The summed E-state index contributed by atoms with van der Waals surface area (Å²) in [5.41, 5.74) is 0. The number of rotatable bonds is 7. The molecule has 1 aliphatic rings. The molecule has 0 aliphatic carbocycles. The van der Waals surface area contributed by atoms with Crippen molar-refractivity contribution in [2.24, 2.45) is 0 Å². The first-order valence-electron chi connectivity index (χ1n) is 8.14. The Labute approximate surface area is 145 Å². The average molecular weight is 350 g/mol. The topological polar surface area (TPSA) is 82.2 Å². The van der Waals surface area contributed by atoms with E-state index in [2.05, 4.69) is 15.5 Å². The number of aromatic nitrogens is 3. The summed E-state index contributed by atoms with van der Waals surface area (Å²) in [5, 5.41) is 12.1. The molecule has 1 fully saturated rings. The quantitative estimate of drug-likeness (QED) is 0.772. The standard InChI is InChI=1S/C16H22N4O3S/c1-11(2)17-14(21)10-24-16-19-18-15(13-6-4-8-23-13)20(16)9-12-5-3-7-22-12/h4,6,8,11-12H,3,5,7,9-10H2,1-2H3,(H,17,21)/t12-/m0/s1. The molecule has 2 aromatic heterocycles. The Hall–Kier alpha value is -1.80. The van der Waals surface area contributed by atoms with E-state index in [0.29, 0.717) is 29.0 Å². The molecule has 7 nitrogen and oxygen atoms in total. The van der Waals surface area contributed by atoms with Crippen LogP contribution in [-0.2, 0) is 16.1 Å². The summed E-state index contributed by atoms with van der Waals surface area (Å²) in [6.45, 7) is 5.34. The zero-order valence-corrected chi connectivity index (χ0v) is 14.7.